The lowest BCUT2D eigenvalue weighted by Crippen LogP contribution is -2.37. The van der Waals surface area contributed by atoms with Crippen molar-refractivity contribution in [3.63, 3.8) is 0 Å². The fourth-order valence-corrected chi connectivity index (χ4v) is 10.1. The highest BCUT2D eigenvalue weighted by Gasteiger charge is 2.22. The number of phosphoric ester groups is 1. The number of phosphoric acid groups is 1. The topological polar surface area (TPSA) is 111 Å². The van der Waals surface area contributed by atoms with E-state index in [1.165, 1.54) is 238 Å². The molecule has 0 heterocycles. The number of hydrogen-bond acceptors (Lipinski definition) is 8. The highest BCUT2D eigenvalue weighted by Crippen LogP contribution is 2.38. The van der Waals surface area contributed by atoms with E-state index in [-0.39, 0.29) is 32.0 Å². The summed E-state index contributed by atoms with van der Waals surface area (Å²) in [4.78, 5) is 37.9. The van der Waals surface area contributed by atoms with Crippen LogP contribution in [-0.2, 0) is 32.7 Å². The zero-order valence-corrected chi connectivity index (χ0v) is 50.0. The summed E-state index contributed by atoms with van der Waals surface area (Å²) in [7, 11) is 1.18. The van der Waals surface area contributed by atoms with Crippen LogP contribution in [0.2, 0.25) is 0 Å². The van der Waals surface area contributed by atoms with Gasteiger partial charge in [-0.25, -0.2) is 0 Å². The molecule has 0 N–H and O–H groups in total. The number of quaternary nitrogens is 1. The van der Waals surface area contributed by atoms with E-state index >= 15 is 0 Å². The van der Waals surface area contributed by atoms with E-state index in [0.717, 1.165) is 44.9 Å². The van der Waals surface area contributed by atoms with Crippen LogP contribution in [0.5, 0.6) is 0 Å². The number of likely N-dealkylation sites (N-methyl/N-ethyl adjacent to an activating group) is 1. The number of ether oxygens (including phenoxy) is 2. The van der Waals surface area contributed by atoms with E-state index in [1.807, 2.05) is 21.1 Å². The lowest BCUT2D eigenvalue weighted by molar-refractivity contribution is -0.870. The van der Waals surface area contributed by atoms with E-state index in [4.69, 9.17) is 18.5 Å². The largest absolute Gasteiger partial charge is 0.756 e. The van der Waals surface area contributed by atoms with Crippen molar-refractivity contribution in [2.75, 3.05) is 47.5 Å². The van der Waals surface area contributed by atoms with Crippen LogP contribution in [0.3, 0.4) is 0 Å². The molecule has 9 nitrogen and oxygen atoms in total. The predicted molar refractivity (Wildman–Crippen MR) is 310 cm³/mol. The number of unbranched alkanes of at least 4 members (excludes halogenated alkanes) is 41. The molecule has 0 aromatic carbocycles. The molecule has 0 rings (SSSR count). The predicted octanol–water partition coefficient (Wildman–Crippen LogP) is 19.1. The van der Waals surface area contributed by atoms with Crippen molar-refractivity contribution >= 4 is 19.8 Å². The molecular weight excluding hydrogens is 930 g/mol. The van der Waals surface area contributed by atoms with Gasteiger partial charge < -0.3 is 27.9 Å². The molecule has 0 aliphatic heterocycles. The van der Waals surface area contributed by atoms with Crippen LogP contribution < -0.4 is 4.89 Å². The van der Waals surface area contributed by atoms with Crippen molar-refractivity contribution in [2.45, 2.75) is 322 Å². The SMILES string of the molecule is CCCCCCC/C=C\C/C=C\CCCCCCCCCCCCCCCC(=O)OC(COC(=O)CCCCCCCCCCCCCCCCCCCCCCCCCC)COP(=O)([O-])OCC[N+](C)(C)C. The molecule has 2 atom stereocenters. The van der Waals surface area contributed by atoms with Gasteiger partial charge in [0.25, 0.3) is 7.82 Å². The Morgan fingerprint density at radius 2 is 0.740 bits per heavy atom. The van der Waals surface area contributed by atoms with Gasteiger partial charge >= 0.3 is 11.9 Å². The fourth-order valence-electron chi connectivity index (χ4n) is 9.34. The van der Waals surface area contributed by atoms with Crippen molar-refractivity contribution in [3.8, 4) is 0 Å². The minimum Gasteiger partial charge on any atom is -0.756 e. The van der Waals surface area contributed by atoms with E-state index in [0.29, 0.717) is 17.4 Å². The lowest BCUT2D eigenvalue weighted by atomic mass is 10.0. The number of rotatable bonds is 59. The van der Waals surface area contributed by atoms with Gasteiger partial charge in [-0.15, -0.1) is 0 Å². The molecule has 0 fully saturated rings. The molecule has 0 aliphatic carbocycles. The van der Waals surface area contributed by atoms with Gasteiger partial charge in [0.15, 0.2) is 6.10 Å². The summed E-state index contributed by atoms with van der Waals surface area (Å²) in [5.74, 6) is -0.815. The summed E-state index contributed by atoms with van der Waals surface area (Å²) >= 11 is 0. The molecule has 0 saturated heterocycles. The van der Waals surface area contributed by atoms with Crippen LogP contribution in [0.4, 0.5) is 0 Å². The van der Waals surface area contributed by atoms with Gasteiger partial charge in [0.05, 0.1) is 27.7 Å². The van der Waals surface area contributed by atoms with Gasteiger partial charge in [-0.2, -0.15) is 0 Å². The second-order valence-corrected chi connectivity index (χ2v) is 24.2. The maximum absolute atomic E-state index is 12.8. The van der Waals surface area contributed by atoms with Gasteiger partial charge in [-0.05, 0) is 44.9 Å². The van der Waals surface area contributed by atoms with Crippen molar-refractivity contribution in [1.29, 1.82) is 0 Å². The summed E-state index contributed by atoms with van der Waals surface area (Å²) in [6.07, 6.45) is 66.6. The Hall–Kier alpha value is -1.51. The third-order valence-electron chi connectivity index (χ3n) is 14.2. The number of allylic oxidation sites excluding steroid dienone is 4. The van der Waals surface area contributed by atoms with E-state index in [1.54, 1.807) is 0 Å². The highest BCUT2D eigenvalue weighted by atomic mass is 31.2. The zero-order chi connectivity index (χ0) is 53.5. The smallest absolute Gasteiger partial charge is 0.306 e. The first-order chi connectivity index (χ1) is 35.5. The minimum atomic E-state index is -4.63. The molecular formula is C63H122NO8P. The molecule has 0 spiro atoms. The monoisotopic (exact) mass is 1050 g/mol. The Labute approximate surface area is 453 Å². The number of carbonyl (C=O) groups is 2. The quantitative estimate of drug-likeness (QED) is 0.0195. The first kappa shape index (κ1) is 71.5. The summed E-state index contributed by atoms with van der Waals surface area (Å²) < 4.78 is 34.2. The Morgan fingerprint density at radius 1 is 0.425 bits per heavy atom. The Bertz CT molecular complexity index is 1280. The van der Waals surface area contributed by atoms with Crippen LogP contribution in [-0.4, -0.2) is 70.0 Å². The Morgan fingerprint density at radius 3 is 1.08 bits per heavy atom. The summed E-state index contributed by atoms with van der Waals surface area (Å²) in [5.41, 5.74) is 0. The van der Waals surface area contributed by atoms with Crippen LogP contribution in [0.1, 0.15) is 316 Å². The van der Waals surface area contributed by atoms with Crippen LogP contribution in [0.25, 0.3) is 0 Å². The van der Waals surface area contributed by atoms with Crippen LogP contribution >= 0.6 is 7.82 Å². The first-order valence-corrected chi connectivity index (χ1v) is 33.0. The van der Waals surface area contributed by atoms with Crippen molar-refractivity contribution in [1.82, 2.24) is 0 Å². The van der Waals surface area contributed by atoms with Gasteiger partial charge in [0.1, 0.15) is 19.8 Å². The van der Waals surface area contributed by atoms with Gasteiger partial charge in [-0.3, -0.25) is 14.2 Å². The van der Waals surface area contributed by atoms with Gasteiger partial charge in [0, 0.05) is 12.8 Å². The molecule has 2 unspecified atom stereocenters. The maximum atomic E-state index is 12.8. The summed E-state index contributed by atoms with van der Waals surface area (Å²) in [6.45, 7) is 4.29. The Kier molecular flexibility index (Phi) is 54.1. The number of nitrogens with zero attached hydrogens (tertiary/aromatic N) is 1. The van der Waals surface area contributed by atoms with Crippen LogP contribution in [0.15, 0.2) is 24.3 Å². The highest BCUT2D eigenvalue weighted by molar-refractivity contribution is 7.45. The van der Waals surface area contributed by atoms with Gasteiger partial charge in [-0.1, -0.05) is 282 Å². The molecule has 10 heteroatoms. The fraction of sp³-hybridized carbons (Fsp3) is 0.905. The normalized spacial score (nSPS) is 13.3. The summed E-state index contributed by atoms with van der Waals surface area (Å²) in [5, 5.41) is 0. The maximum Gasteiger partial charge on any atom is 0.306 e. The van der Waals surface area contributed by atoms with Crippen LogP contribution in [0, 0.1) is 0 Å². The molecule has 0 aromatic heterocycles. The molecule has 0 radical (unpaired) electrons. The number of hydrogen-bond donors (Lipinski definition) is 0. The number of carbonyl (C=O) groups excluding carboxylic acids is 2. The first-order valence-electron chi connectivity index (χ1n) is 31.5. The third kappa shape index (κ3) is 59.6. The second-order valence-electron chi connectivity index (χ2n) is 22.8. The molecule has 0 bridgehead atoms. The third-order valence-corrected chi connectivity index (χ3v) is 15.2. The second kappa shape index (κ2) is 55.3. The average Bonchev–Trinajstić information content (AvgIpc) is 3.35. The van der Waals surface area contributed by atoms with Crippen molar-refractivity contribution in [2.24, 2.45) is 0 Å². The molecule has 0 amide bonds. The van der Waals surface area contributed by atoms with Crippen molar-refractivity contribution < 1.29 is 42.1 Å². The van der Waals surface area contributed by atoms with Gasteiger partial charge in [0.2, 0.25) is 0 Å². The Balaban J connectivity index is 4.08. The summed E-state index contributed by atoms with van der Waals surface area (Å²) in [6, 6.07) is 0. The lowest BCUT2D eigenvalue weighted by Gasteiger charge is -2.28. The van der Waals surface area contributed by atoms with E-state index < -0.39 is 26.5 Å². The van der Waals surface area contributed by atoms with Crippen molar-refractivity contribution in [3.05, 3.63) is 24.3 Å². The molecule has 432 valence electrons. The average molecular weight is 1050 g/mol. The standard InChI is InChI=1S/C63H122NO8P/c1-6-8-10-12-14-16-18-20-22-24-26-28-30-32-34-36-38-40-42-44-46-48-50-52-54-56-63(66)72-61(60-71-73(67,68)70-58-57-64(3,4)5)59-69-62(65)55-53-51-49-47-45-43-41-39-37-35-33-31-29-27-25-23-21-19-17-15-13-11-9-7-2/h18,20,24,26,61H,6-17,19,21-23,25,27-60H2,1-5H3/b20-18-,26-24-. The molecule has 0 aliphatic rings. The molecule has 0 aromatic rings. The molecule has 73 heavy (non-hydrogen) atoms. The molecule has 0 saturated carbocycles. The number of esters is 2. The minimum absolute atomic E-state index is 0.0279. The van der Waals surface area contributed by atoms with E-state index in [2.05, 4.69) is 38.2 Å². The zero-order valence-electron chi connectivity index (χ0n) is 49.1. The van der Waals surface area contributed by atoms with E-state index in [9.17, 15) is 19.0 Å².